The van der Waals surface area contributed by atoms with Gasteiger partial charge in [-0.25, -0.2) is 19.6 Å². The van der Waals surface area contributed by atoms with Crippen molar-refractivity contribution in [3.05, 3.63) is 58.6 Å². The maximum absolute atomic E-state index is 6.53. The molecule has 0 spiro atoms. The van der Waals surface area contributed by atoms with Gasteiger partial charge in [-0.2, -0.15) is 10.2 Å². The van der Waals surface area contributed by atoms with Gasteiger partial charge in [-0.1, -0.05) is 11.6 Å². The van der Waals surface area contributed by atoms with Crippen molar-refractivity contribution in [2.24, 2.45) is 0 Å². The van der Waals surface area contributed by atoms with Crippen LogP contribution < -0.4 is 11.1 Å². The summed E-state index contributed by atoms with van der Waals surface area (Å²) in [4.78, 5) is 14.0. The van der Waals surface area contributed by atoms with Crippen LogP contribution in [0.5, 0.6) is 0 Å². The number of nitrogens with one attached hydrogen (secondary N) is 1. The van der Waals surface area contributed by atoms with Crippen molar-refractivity contribution >= 4 is 44.8 Å². The highest BCUT2D eigenvalue weighted by molar-refractivity contribution is 7.16. The SMILES string of the molecule is COCCn1ccc(NCCc2nc(-c3cc(Cl)c4ncsc4c3)c(-n3ccc(C)n3)nc2N)n1. The molecule has 0 radical (unpaired) electrons. The first-order chi connectivity index (χ1) is 17.0. The Kier molecular flexibility index (Phi) is 6.62. The van der Waals surface area contributed by atoms with E-state index in [1.54, 1.807) is 17.3 Å². The van der Waals surface area contributed by atoms with E-state index in [1.807, 2.05) is 48.3 Å². The fourth-order valence-electron chi connectivity index (χ4n) is 3.68. The summed E-state index contributed by atoms with van der Waals surface area (Å²) in [6, 6.07) is 7.71. The summed E-state index contributed by atoms with van der Waals surface area (Å²) in [5, 5.41) is 12.9. The predicted octanol–water partition coefficient (Wildman–Crippen LogP) is 3.98. The van der Waals surface area contributed by atoms with Crippen molar-refractivity contribution in [1.29, 1.82) is 0 Å². The molecule has 0 amide bonds. The van der Waals surface area contributed by atoms with E-state index in [2.05, 4.69) is 20.5 Å². The summed E-state index contributed by atoms with van der Waals surface area (Å²) in [7, 11) is 1.67. The molecule has 0 atom stereocenters. The van der Waals surface area contributed by atoms with Crippen molar-refractivity contribution in [3.8, 4) is 17.1 Å². The zero-order valence-corrected chi connectivity index (χ0v) is 20.8. The molecular formula is C23H24ClN9OS. The van der Waals surface area contributed by atoms with Gasteiger partial charge in [0.15, 0.2) is 5.82 Å². The number of hydrogen-bond acceptors (Lipinski definition) is 9. The average Bonchev–Trinajstić information content (AvgIpc) is 3.59. The highest BCUT2D eigenvalue weighted by atomic mass is 35.5. The maximum atomic E-state index is 6.53. The third-order valence-corrected chi connectivity index (χ3v) is 6.48. The van der Waals surface area contributed by atoms with Crippen LogP contribution in [-0.2, 0) is 17.7 Å². The molecule has 0 unspecified atom stereocenters. The summed E-state index contributed by atoms with van der Waals surface area (Å²) in [6.07, 6.45) is 4.32. The fraction of sp³-hybridized carbons (Fsp3) is 0.261. The number of ether oxygens (including phenoxy) is 1. The number of thiazole rings is 1. The van der Waals surface area contributed by atoms with Gasteiger partial charge in [0.05, 0.1) is 45.3 Å². The van der Waals surface area contributed by atoms with Crippen LogP contribution in [-0.4, -0.2) is 54.8 Å². The Labute approximate surface area is 210 Å². The smallest absolute Gasteiger partial charge is 0.182 e. The number of benzene rings is 1. The predicted molar refractivity (Wildman–Crippen MR) is 138 cm³/mol. The molecule has 4 heterocycles. The first-order valence-corrected chi connectivity index (χ1v) is 12.3. The highest BCUT2D eigenvalue weighted by Crippen LogP contribution is 2.34. The van der Waals surface area contributed by atoms with E-state index < -0.39 is 0 Å². The summed E-state index contributed by atoms with van der Waals surface area (Å²) in [6.45, 7) is 3.81. The normalized spacial score (nSPS) is 11.4. The summed E-state index contributed by atoms with van der Waals surface area (Å²) < 4.78 is 9.59. The van der Waals surface area contributed by atoms with Crippen LogP contribution in [0.2, 0.25) is 5.02 Å². The zero-order chi connectivity index (χ0) is 24.4. The van der Waals surface area contributed by atoms with E-state index in [9.17, 15) is 0 Å². The molecule has 0 aliphatic rings. The number of fused-ring (bicyclic) bond motifs is 1. The number of rotatable bonds is 9. The van der Waals surface area contributed by atoms with Crippen molar-refractivity contribution in [2.75, 3.05) is 31.3 Å². The van der Waals surface area contributed by atoms with E-state index in [0.717, 1.165) is 27.3 Å². The second-order valence-corrected chi connectivity index (χ2v) is 9.21. The number of hydrogen-bond donors (Lipinski definition) is 2. The van der Waals surface area contributed by atoms with Crippen LogP contribution in [0.1, 0.15) is 11.4 Å². The third-order valence-electron chi connectivity index (χ3n) is 5.42. The molecular weight excluding hydrogens is 486 g/mol. The Bertz CT molecular complexity index is 1480. The minimum atomic E-state index is 0.356. The largest absolute Gasteiger partial charge is 0.383 e. The van der Waals surface area contributed by atoms with Crippen LogP contribution in [0.4, 0.5) is 11.6 Å². The van der Waals surface area contributed by atoms with Gasteiger partial charge in [0, 0.05) is 44.1 Å². The van der Waals surface area contributed by atoms with Gasteiger partial charge in [-0.3, -0.25) is 4.68 Å². The molecule has 180 valence electrons. The number of nitrogen functional groups attached to an aromatic ring is 1. The molecule has 12 heteroatoms. The van der Waals surface area contributed by atoms with Gasteiger partial charge in [0.25, 0.3) is 0 Å². The molecule has 1 aromatic carbocycles. The monoisotopic (exact) mass is 509 g/mol. The first kappa shape index (κ1) is 23.2. The lowest BCUT2D eigenvalue weighted by molar-refractivity contribution is 0.183. The van der Waals surface area contributed by atoms with Crippen molar-refractivity contribution in [3.63, 3.8) is 0 Å². The lowest BCUT2D eigenvalue weighted by atomic mass is 10.1. The van der Waals surface area contributed by atoms with Crippen molar-refractivity contribution in [2.45, 2.75) is 19.9 Å². The average molecular weight is 510 g/mol. The van der Waals surface area contributed by atoms with E-state index in [0.29, 0.717) is 54.2 Å². The molecule has 35 heavy (non-hydrogen) atoms. The van der Waals surface area contributed by atoms with Gasteiger partial charge in [-0.15, -0.1) is 11.3 Å². The molecule has 3 N–H and O–H groups in total. The molecule has 5 rings (SSSR count). The molecule has 0 bridgehead atoms. The summed E-state index contributed by atoms with van der Waals surface area (Å²) in [5.41, 5.74) is 11.9. The van der Waals surface area contributed by atoms with E-state index in [1.165, 1.54) is 11.3 Å². The Balaban J connectivity index is 1.45. The Hall–Kier alpha value is -3.54. The van der Waals surface area contributed by atoms with Crippen LogP contribution in [0, 0.1) is 6.92 Å². The van der Waals surface area contributed by atoms with Crippen molar-refractivity contribution in [1.82, 2.24) is 34.5 Å². The Morgan fingerprint density at radius 1 is 1.17 bits per heavy atom. The molecule has 0 fully saturated rings. The van der Waals surface area contributed by atoms with Crippen LogP contribution >= 0.6 is 22.9 Å². The number of halogens is 1. The number of methoxy groups -OCH3 is 1. The first-order valence-electron chi connectivity index (χ1n) is 11.0. The van der Waals surface area contributed by atoms with E-state index in [-0.39, 0.29) is 0 Å². The van der Waals surface area contributed by atoms with E-state index in [4.69, 9.17) is 32.0 Å². The van der Waals surface area contributed by atoms with Crippen LogP contribution in [0.3, 0.4) is 0 Å². The van der Waals surface area contributed by atoms with Crippen LogP contribution in [0.15, 0.2) is 42.2 Å². The molecule has 0 saturated heterocycles. The molecule has 10 nitrogen and oxygen atoms in total. The third kappa shape index (κ3) is 4.97. The summed E-state index contributed by atoms with van der Waals surface area (Å²) in [5.74, 6) is 1.68. The van der Waals surface area contributed by atoms with Gasteiger partial charge in [-0.05, 0) is 25.1 Å². The van der Waals surface area contributed by atoms with Crippen LogP contribution in [0.25, 0.3) is 27.3 Å². The lowest BCUT2D eigenvalue weighted by Gasteiger charge is -2.13. The highest BCUT2D eigenvalue weighted by Gasteiger charge is 2.18. The van der Waals surface area contributed by atoms with Gasteiger partial charge < -0.3 is 15.8 Å². The Morgan fingerprint density at radius 2 is 2.06 bits per heavy atom. The number of aryl methyl sites for hydroxylation is 1. The minimum absolute atomic E-state index is 0.356. The fourth-order valence-corrected chi connectivity index (χ4v) is 4.75. The number of anilines is 2. The molecule has 0 aliphatic carbocycles. The quantitative estimate of drug-likeness (QED) is 0.306. The van der Waals surface area contributed by atoms with E-state index >= 15 is 0 Å². The lowest BCUT2D eigenvalue weighted by Crippen LogP contribution is -2.13. The Morgan fingerprint density at radius 3 is 2.86 bits per heavy atom. The van der Waals surface area contributed by atoms with Gasteiger partial charge in [0.1, 0.15) is 17.3 Å². The molecule has 5 aromatic rings. The minimum Gasteiger partial charge on any atom is -0.383 e. The van der Waals surface area contributed by atoms with Crippen molar-refractivity contribution < 1.29 is 4.74 Å². The molecule has 0 aliphatic heterocycles. The second-order valence-electron chi connectivity index (χ2n) is 7.92. The topological polar surface area (TPSA) is 122 Å². The molecule has 4 aromatic heterocycles. The standard InChI is InChI=1S/C23H24ClN9OS/c1-14-4-8-33(30-14)23-20(15-11-16(24)21-18(12-15)35-13-27-21)28-17(22(25)29-23)3-6-26-19-5-7-32(31-19)9-10-34-2/h4-5,7-8,11-13H,3,6,9-10H2,1-2H3,(H2,25,29)(H,26,31). The second kappa shape index (κ2) is 9.98. The van der Waals surface area contributed by atoms with Gasteiger partial charge in [0.2, 0.25) is 0 Å². The van der Waals surface area contributed by atoms with Gasteiger partial charge >= 0.3 is 0 Å². The number of nitrogens with two attached hydrogens (primary N) is 1. The number of aromatic nitrogens is 7. The maximum Gasteiger partial charge on any atom is 0.182 e. The zero-order valence-electron chi connectivity index (χ0n) is 19.3. The number of nitrogens with zero attached hydrogens (tertiary/aromatic N) is 7. The summed E-state index contributed by atoms with van der Waals surface area (Å²) >= 11 is 8.06. The molecule has 0 saturated carbocycles.